The summed E-state index contributed by atoms with van der Waals surface area (Å²) in [6.07, 6.45) is 0.772. The second-order valence-electron chi connectivity index (χ2n) is 5.26. The van der Waals surface area contributed by atoms with Gasteiger partial charge in [-0.25, -0.2) is 0 Å². The topological polar surface area (TPSA) is 49.4 Å². The zero-order valence-corrected chi connectivity index (χ0v) is 15.0. The lowest BCUT2D eigenvalue weighted by atomic mass is 10.1. The first-order chi connectivity index (χ1) is 11.4. The molecule has 1 N–H and O–H groups in total. The van der Waals surface area contributed by atoms with Crippen molar-refractivity contribution < 1.29 is 9.59 Å². The van der Waals surface area contributed by atoms with Crippen LogP contribution in [0.3, 0.4) is 0 Å². The van der Waals surface area contributed by atoms with Crippen molar-refractivity contribution in [1.29, 1.82) is 0 Å². The van der Waals surface area contributed by atoms with E-state index in [9.17, 15) is 9.59 Å². The first-order valence-electron chi connectivity index (χ1n) is 7.53. The Hall–Kier alpha value is -2.04. The third kappa shape index (κ3) is 4.49. The number of rotatable bonds is 5. The summed E-state index contributed by atoms with van der Waals surface area (Å²) in [5.41, 5.74) is 2.29. The molecule has 2 amide bonds. The van der Waals surface area contributed by atoms with Gasteiger partial charge in [-0.05, 0) is 36.2 Å². The molecule has 2 aromatic carbocycles. The number of anilines is 2. The minimum atomic E-state index is -0.311. The second kappa shape index (κ2) is 8.18. The molecule has 4 nitrogen and oxygen atoms in total. The van der Waals surface area contributed by atoms with E-state index in [1.165, 1.54) is 11.8 Å². The number of nitrogens with one attached hydrogen (secondary N) is 1. The predicted octanol–water partition coefficient (Wildman–Crippen LogP) is 4.55. The van der Waals surface area contributed by atoms with Gasteiger partial charge in [0.15, 0.2) is 0 Å². The number of benzene rings is 2. The van der Waals surface area contributed by atoms with Crippen LogP contribution in [0.15, 0.2) is 42.5 Å². The summed E-state index contributed by atoms with van der Waals surface area (Å²) in [4.78, 5) is 25.8. The average molecular weight is 365 g/mol. The summed E-state index contributed by atoms with van der Waals surface area (Å²) < 4.78 is 0. The van der Waals surface area contributed by atoms with Gasteiger partial charge in [0.25, 0.3) is 0 Å². The van der Waals surface area contributed by atoms with Gasteiger partial charge in [0.05, 0.1) is 10.0 Å². The van der Waals surface area contributed by atoms with E-state index in [1.807, 2.05) is 31.2 Å². The van der Waals surface area contributed by atoms with Crippen LogP contribution in [-0.4, -0.2) is 18.4 Å². The molecular weight excluding hydrogens is 347 g/mol. The van der Waals surface area contributed by atoms with Gasteiger partial charge >= 0.3 is 0 Å². The highest BCUT2D eigenvalue weighted by molar-refractivity contribution is 6.42. The lowest BCUT2D eigenvalue weighted by molar-refractivity contribution is -0.120. The molecule has 0 saturated carbocycles. The van der Waals surface area contributed by atoms with Crippen LogP contribution in [0.5, 0.6) is 0 Å². The fourth-order valence-electron chi connectivity index (χ4n) is 2.36. The van der Waals surface area contributed by atoms with Crippen molar-refractivity contribution in [2.75, 3.05) is 16.8 Å². The SMILES string of the molecule is CCc1ccccc1N(CC(=O)Nc1ccc(Cl)c(Cl)c1)C(C)=O. The van der Waals surface area contributed by atoms with Crippen molar-refractivity contribution in [3.8, 4) is 0 Å². The molecule has 2 rings (SSSR count). The number of amides is 2. The molecule has 0 bridgehead atoms. The standard InChI is InChI=1S/C18H18Cl2N2O2/c1-3-13-6-4-5-7-17(13)22(12(2)23)11-18(24)21-14-8-9-15(19)16(20)10-14/h4-10H,3,11H2,1-2H3,(H,21,24). The van der Waals surface area contributed by atoms with Crippen LogP contribution >= 0.6 is 23.2 Å². The highest BCUT2D eigenvalue weighted by Gasteiger charge is 2.18. The van der Waals surface area contributed by atoms with Gasteiger partial charge < -0.3 is 10.2 Å². The second-order valence-corrected chi connectivity index (χ2v) is 6.08. The highest BCUT2D eigenvalue weighted by Crippen LogP contribution is 2.25. The predicted molar refractivity (Wildman–Crippen MR) is 98.9 cm³/mol. The van der Waals surface area contributed by atoms with Crippen molar-refractivity contribution in [2.45, 2.75) is 20.3 Å². The van der Waals surface area contributed by atoms with E-state index in [0.29, 0.717) is 15.7 Å². The fourth-order valence-corrected chi connectivity index (χ4v) is 2.66. The van der Waals surface area contributed by atoms with Crippen LogP contribution in [0.25, 0.3) is 0 Å². The smallest absolute Gasteiger partial charge is 0.244 e. The Morgan fingerprint density at radius 3 is 2.42 bits per heavy atom. The molecule has 0 atom stereocenters. The number of hydrogen-bond donors (Lipinski definition) is 1. The molecule has 0 aliphatic rings. The maximum Gasteiger partial charge on any atom is 0.244 e. The Kier molecular flexibility index (Phi) is 6.23. The fraction of sp³-hybridized carbons (Fsp3) is 0.222. The monoisotopic (exact) mass is 364 g/mol. The summed E-state index contributed by atoms with van der Waals surface area (Å²) in [7, 11) is 0. The third-order valence-electron chi connectivity index (χ3n) is 3.55. The number of carbonyl (C=O) groups excluding carboxylic acids is 2. The Balaban J connectivity index is 2.17. The van der Waals surface area contributed by atoms with Crippen LogP contribution < -0.4 is 10.2 Å². The van der Waals surface area contributed by atoms with Crippen LogP contribution in [0.4, 0.5) is 11.4 Å². The van der Waals surface area contributed by atoms with E-state index >= 15 is 0 Å². The molecule has 126 valence electrons. The number of halogens is 2. The number of carbonyl (C=O) groups is 2. The lowest BCUT2D eigenvalue weighted by Crippen LogP contribution is -2.37. The summed E-state index contributed by atoms with van der Waals surface area (Å²) in [6.45, 7) is 3.37. The first kappa shape index (κ1) is 18.3. The molecule has 0 heterocycles. The van der Waals surface area contributed by atoms with Crippen molar-refractivity contribution in [1.82, 2.24) is 0 Å². The Morgan fingerprint density at radius 2 is 1.79 bits per heavy atom. The molecule has 0 spiro atoms. The van der Waals surface area contributed by atoms with Crippen LogP contribution in [0.1, 0.15) is 19.4 Å². The summed E-state index contributed by atoms with van der Waals surface area (Å²) in [6, 6.07) is 12.4. The highest BCUT2D eigenvalue weighted by atomic mass is 35.5. The number of hydrogen-bond acceptors (Lipinski definition) is 2. The molecule has 6 heteroatoms. The minimum Gasteiger partial charge on any atom is -0.324 e. The van der Waals surface area contributed by atoms with E-state index < -0.39 is 0 Å². The Morgan fingerprint density at radius 1 is 1.08 bits per heavy atom. The minimum absolute atomic E-state index is 0.0768. The van der Waals surface area contributed by atoms with E-state index in [2.05, 4.69) is 5.32 Å². The van der Waals surface area contributed by atoms with Gasteiger partial charge in [0.1, 0.15) is 6.54 Å². The molecule has 2 aromatic rings. The van der Waals surface area contributed by atoms with Crippen molar-refractivity contribution in [2.24, 2.45) is 0 Å². The summed E-state index contributed by atoms with van der Waals surface area (Å²) >= 11 is 11.8. The zero-order chi connectivity index (χ0) is 17.7. The summed E-state index contributed by atoms with van der Waals surface area (Å²) in [5, 5.41) is 3.50. The van der Waals surface area contributed by atoms with Gasteiger partial charge in [0, 0.05) is 18.3 Å². The maximum absolute atomic E-state index is 12.3. The molecule has 0 saturated heterocycles. The largest absolute Gasteiger partial charge is 0.324 e. The third-order valence-corrected chi connectivity index (χ3v) is 4.29. The van der Waals surface area contributed by atoms with E-state index in [4.69, 9.17) is 23.2 Å². The van der Waals surface area contributed by atoms with E-state index in [-0.39, 0.29) is 18.4 Å². The summed E-state index contributed by atoms with van der Waals surface area (Å²) in [5.74, 6) is -0.505. The van der Waals surface area contributed by atoms with Gasteiger partial charge in [0.2, 0.25) is 11.8 Å². The molecule has 0 unspecified atom stereocenters. The molecular formula is C18H18Cl2N2O2. The zero-order valence-electron chi connectivity index (χ0n) is 13.5. The van der Waals surface area contributed by atoms with Gasteiger partial charge in [-0.3, -0.25) is 9.59 Å². The van der Waals surface area contributed by atoms with Gasteiger partial charge in [-0.1, -0.05) is 48.3 Å². The Bertz CT molecular complexity index is 762. The molecule has 0 aliphatic carbocycles. The Labute approximate surface area is 151 Å². The van der Waals surface area contributed by atoms with Gasteiger partial charge in [-0.15, -0.1) is 0 Å². The molecule has 0 aromatic heterocycles. The molecule has 0 radical (unpaired) electrons. The number of para-hydroxylation sites is 1. The van der Waals surface area contributed by atoms with Crippen molar-refractivity contribution in [3.05, 3.63) is 58.1 Å². The molecule has 0 aliphatic heterocycles. The maximum atomic E-state index is 12.3. The number of nitrogens with zero attached hydrogens (tertiary/aromatic N) is 1. The van der Waals surface area contributed by atoms with Gasteiger partial charge in [-0.2, -0.15) is 0 Å². The first-order valence-corrected chi connectivity index (χ1v) is 8.29. The van der Waals surface area contributed by atoms with Crippen molar-refractivity contribution in [3.63, 3.8) is 0 Å². The van der Waals surface area contributed by atoms with E-state index in [1.54, 1.807) is 18.2 Å². The van der Waals surface area contributed by atoms with E-state index in [0.717, 1.165) is 17.7 Å². The lowest BCUT2D eigenvalue weighted by Gasteiger charge is -2.23. The quantitative estimate of drug-likeness (QED) is 0.845. The normalized spacial score (nSPS) is 10.3. The average Bonchev–Trinajstić information content (AvgIpc) is 2.56. The van der Waals surface area contributed by atoms with Crippen molar-refractivity contribution >= 4 is 46.4 Å². The van der Waals surface area contributed by atoms with Crippen LogP contribution in [0, 0.1) is 0 Å². The number of aryl methyl sites for hydroxylation is 1. The molecule has 24 heavy (non-hydrogen) atoms. The van der Waals surface area contributed by atoms with Crippen LogP contribution in [0.2, 0.25) is 10.0 Å². The molecule has 0 fully saturated rings. The van der Waals surface area contributed by atoms with Crippen LogP contribution in [-0.2, 0) is 16.0 Å².